The molecule has 1 fully saturated rings. The number of halogens is 2. The number of hydrogen-bond donors (Lipinski definition) is 1. The summed E-state index contributed by atoms with van der Waals surface area (Å²) in [6, 6.07) is 4.39. The molecule has 0 spiro atoms. The number of amides is 1. The number of carbonyl (C=O) groups excluding carboxylic acids is 1. The number of imidazole rings is 1. The summed E-state index contributed by atoms with van der Waals surface area (Å²) >= 11 is 0. The molecule has 7 rings (SSSR count). The van der Waals surface area contributed by atoms with E-state index in [9.17, 15) is 13.6 Å². The minimum Gasteiger partial charge on any atom is -0.434 e. The number of rotatable bonds is 4. The Kier molecular flexibility index (Phi) is 4.30. The standard InChI is InChI=1S/C25H21F2N7O2/c1-33-16-7-15(18-14(21(33)35)3-2-4-17(18)36-23(26)27)20-19(16)32-24-31-10-13(11-34(20)24)12-8-29-22(30-9-12)25(28)5-6-25/h2-4,8-11,15-16,23H,5-7,28H2,1H3. The van der Waals surface area contributed by atoms with Crippen LogP contribution in [0.25, 0.3) is 16.9 Å². The molecule has 1 saturated carbocycles. The van der Waals surface area contributed by atoms with Crippen LogP contribution in [0.3, 0.4) is 0 Å². The summed E-state index contributed by atoms with van der Waals surface area (Å²) in [5.41, 5.74) is 9.66. The lowest BCUT2D eigenvalue weighted by molar-refractivity contribution is -0.0506. The van der Waals surface area contributed by atoms with Gasteiger partial charge in [0.15, 0.2) is 0 Å². The molecule has 1 amide bonds. The zero-order valence-electron chi connectivity index (χ0n) is 19.2. The lowest BCUT2D eigenvalue weighted by atomic mass is 9.91. The molecule has 3 aromatic heterocycles. The lowest BCUT2D eigenvalue weighted by Crippen LogP contribution is -2.30. The van der Waals surface area contributed by atoms with E-state index < -0.39 is 12.2 Å². The third-order valence-electron chi connectivity index (χ3n) is 7.52. The van der Waals surface area contributed by atoms with Gasteiger partial charge in [0.05, 0.1) is 23.0 Å². The number of benzene rings is 1. The van der Waals surface area contributed by atoms with Crippen molar-refractivity contribution >= 4 is 11.7 Å². The number of nitrogens with two attached hydrogens (primary N) is 1. The van der Waals surface area contributed by atoms with Crippen LogP contribution in [0.2, 0.25) is 0 Å². The van der Waals surface area contributed by atoms with Gasteiger partial charge < -0.3 is 15.4 Å². The van der Waals surface area contributed by atoms with Crippen molar-refractivity contribution in [3.05, 3.63) is 71.3 Å². The maximum Gasteiger partial charge on any atom is 0.387 e. The first kappa shape index (κ1) is 21.3. The van der Waals surface area contributed by atoms with Crippen LogP contribution in [0.1, 0.15) is 64.4 Å². The molecule has 1 aliphatic heterocycles. The van der Waals surface area contributed by atoms with Crippen LogP contribution < -0.4 is 10.5 Å². The highest BCUT2D eigenvalue weighted by Gasteiger charge is 2.46. The third-order valence-corrected chi connectivity index (χ3v) is 7.52. The fraction of sp³-hybridized carbons (Fsp3) is 0.320. The molecule has 4 aromatic rings. The Morgan fingerprint density at radius 2 is 1.89 bits per heavy atom. The highest BCUT2D eigenvalue weighted by molar-refractivity contribution is 5.98. The summed E-state index contributed by atoms with van der Waals surface area (Å²) < 4.78 is 33.3. The van der Waals surface area contributed by atoms with E-state index in [1.165, 1.54) is 6.07 Å². The molecule has 11 heteroatoms. The summed E-state index contributed by atoms with van der Waals surface area (Å²) in [5.74, 6) is 0.471. The maximum atomic E-state index is 13.3. The largest absolute Gasteiger partial charge is 0.434 e. The summed E-state index contributed by atoms with van der Waals surface area (Å²) in [7, 11) is 1.71. The second-order valence-electron chi connectivity index (χ2n) is 9.66. The molecule has 2 atom stereocenters. The Balaban J connectivity index is 1.39. The summed E-state index contributed by atoms with van der Waals surface area (Å²) in [4.78, 5) is 33.1. The van der Waals surface area contributed by atoms with Crippen LogP contribution in [0.5, 0.6) is 5.75 Å². The second-order valence-corrected chi connectivity index (χ2v) is 9.66. The molecule has 36 heavy (non-hydrogen) atoms. The molecule has 2 bridgehead atoms. The Morgan fingerprint density at radius 3 is 2.61 bits per heavy atom. The average molecular weight is 489 g/mol. The van der Waals surface area contributed by atoms with E-state index in [1.54, 1.807) is 42.7 Å². The van der Waals surface area contributed by atoms with Crippen molar-refractivity contribution in [2.24, 2.45) is 5.73 Å². The Bertz CT molecular complexity index is 1550. The van der Waals surface area contributed by atoms with Crippen molar-refractivity contribution in [3.8, 4) is 16.9 Å². The Hall–Kier alpha value is -3.99. The van der Waals surface area contributed by atoms with Crippen molar-refractivity contribution in [1.82, 2.24) is 29.2 Å². The first-order chi connectivity index (χ1) is 17.3. The van der Waals surface area contributed by atoms with E-state index in [0.29, 0.717) is 34.8 Å². The van der Waals surface area contributed by atoms with E-state index in [1.807, 2.05) is 10.6 Å². The quantitative estimate of drug-likeness (QED) is 0.468. The minimum absolute atomic E-state index is 0.00147. The SMILES string of the molecule is CN1C(=O)c2cccc(OC(F)F)c2C2CC1c1nc3ncc(-c4cnc(C5(N)CC5)nc4)cn3c12. The summed E-state index contributed by atoms with van der Waals surface area (Å²) in [6.45, 7) is -3.01. The molecule has 182 valence electrons. The van der Waals surface area contributed by atoms with E-state index in [-0.39, 0.29) is 23.6 Å². The Morgan fingerprint density at radius 1 is 1.14 bits per heavy atom. The van der Waals surface area contributed by atoms with Gasteiger partial charge in [-0.1, -0.05) is 6.07 Å². The number of alkyl halides is 2. The van der Waals surface area contributed by atoms with Gasteiger partial charge in [0, 0.05) is 60.0 Å². The molecular formula is C25H21F2N7O2. The van der Waals surface area contributed by atoms with Crippen LogP contribution in [-0.4, -0.2) is 48.8 Å². The molecule has 2 aliphatic carbocycles. The van der Waals surface area contributed by atoms with Crippen molar-refractivity contribution in [1.29, 1.82) is 0 Å². The van der Waals surface area contributed by atoms with Gasteiger partial charge >= 0.3 is 6.61 Å². The number of nitrogens with zero attached hydrogens (tertiary/aromatic N) is 6. The predicted octanol–water partition coefficient (Wildman–Crippen LogP) is 3.40. The average Bonchev–Trinajstić information content (AvgIpc) is 3.40. The van der Waals surface area contributed by atoms with Crippen LogP contribution in [0, 0.1) is 0 Å². The van der Waals surface area contributed by atoms with Crippen LogP contribution in [0.15, 0.2) is 43.0 Å². The van der Waals surface area contributed by atoms with Crippen molar-refractivity contribution in [2.75, 3.05) is 7.05 Å². The lowest BCUT2D eigenvalue weighted by Gasteiger charge is -2.23. The maximum absolute atomic E-state index is 13.3. The molecule has 0 saturated heterocycles. The van der Waals surface area contributed by atoms with E-state index in [2.05, 4.69) is 15.0 Å². The number of ether oxygens (including phenoxy) is 1. The van der Waals surface area contributed by atoms with Gasteiger partial charge in [0.25, 0.3) is 5.91 Å². The Labute approximate surface area is 204 Å². The second kappa shape index (κ2) is 7.26. The molecule has 9 nitrogen and oxygen atoms in total. The van der Waals surface area contributed by atoms with E-state index in [0.717, 1.165) is 29.7 Å². The number of hydrogen-bond acceptors (Lipinski definition) is 7. The van der Waals surface area contributed by atoms with Crippen LogP contribution in [0.4, 0.5) is 8.78 Å². The highest BCUT2D eigenvalue weighted by atomic mass is 19.3. The van der Waals surface area contributed by atoms with Gasteiger partial charge in [-0.3, -0.25) is 9.20 Å². The predicted molar refractivity (Wildman–Crippen MR) is 123 cm³/mol. The summed E-state index contributed by atoms with van der Waals surface area (Å²) in [5, 5.41) is 0. The van der Waals surface area contributed by atoms with Crippen LogP contribution >= 0.6 is 0 Å². The van der Waals surface area contributed by atoms with Crippen molar-refractivity contribution in [2.45, 2.75) is 43.4 Å². The molecule has 3 aliphatic rings. The van der Waals surface area contributed by atoms with Crippen LogP contribution in [-0.2, 0) is 5.54 Å². The third kappa shape index (κ3) is 2.98. The number of carbonyl (C=O) groups is 1. The first-order valence-electron chi connectivity index (χ1n) is 11.7. The van der Waals surface area contributed by atoms with E-state index >= 15 is 0 Å². The normalized spacial score (nSPS) is 21.5. The first-order valence-corrected chi connectivity index (χ1v) is 11.7. The van der Waals surface area contributed by atoms with Gasteiger partial charge in [-0.2, -0.15) is 8.78 Å². The minimum atomic E-state index is -3.01. The fourth-order valence-corrected chi connectivity index (χ4v) is 5.46. The number of aromatic nitrogens is 5. The fourth-order valence-electron chi connectivity index (χ4n) is 5.46. The van der Waals surface area contributed by atoms with Crippen molar-refractivity contribution < 1.29 is 18.3 Å². The zero-order valence-corrected chi connectivity index (χ0v) is 19.2. The number of fused-ring (bicyclic) bond motifs is 9. The molecule has 1 aromatic carbocycles. The van der Waals surface area contributed by atoms with Gasteiger partial charge in [-0.05, 0) is 31.4 Å². The van der Waals surface area contributed by atoms with Gasteiger partial charge in [0.2, 0.25) is 5.78 Å². The summed E-state index contributed by atoms with van der Waals surface area (Å²) in [6.07, 6.45) is 9.32. The molecule has 2 N–H and O–H groups in total. The van der Waals surface area contributed by atoms with E-state index in [4.69, 9.17) is 15.5 Å². The molecular weight excluding hydrogens is 468 g/mol. The van der Waals surface area contributed by atoms with Gasteiger partial charge in [-0.15, -0.1) is 0 Å². The molecule has 4 heterocycles. The zero-order chi connectivity index (χ0) is 24.8. The molecule has 2 unspecified atom stereocenters. The monoisotopic (exact) mass is 489 g/mol. The van der Waals surface area contributed by atoms with Gasteiger partial charge in [0.1, 0.15) is 11.6 Å². The smallest absolute Gasteiger partial charge is 0.387 e. The molecule has 0 radical (unpaired) electrons. The van der Waals surface area contributed by atoms with Crippen molar-refractivity contribution in [3.63, 3.8) is 0 Å². The topological polar surface area (TPSA) is 112 Å². The van der Waals surface area contributed by atoms with Gasteiger partial charge in [-0.25, -0.2) is 19.9 Å². The highest BCUT2D eigenvalue weighted by Crippen LogP contribution is 2.52.